The monoisotopic (exact) mass is 254 g/mol. The molecule has 0 radical (unpaired) electrons. The largest absolute Gasteiger partial charge is 0.455 e. The number of nitrogens with one attached hydrogen (secondary N) is 1. The Hall–Kier alpha value is -1.87. The molecule has 1 aromatic carbocycles. The quantitative estimate of drug-likeness (QED) is 0.887. The molecule has 3 nitrogen and oxygen atoms in total. The van der Waals surface area contributed by atoms with Gasteiger partial charge in [0.1, 0.15) is 11.5 Å². The zero-order chi connectivity index (χ0) is 13.1. The summed E-state index contributed by atoms with van der Waals surface area (Å²) in [5.74, 6) is 1.70. The van der Waals surface area contributed by atoms with Crippen LogP contribution in [0.5, 0.6) is 11.5 Å². The molecule has 1 aromatic heterocycles. The van der Waals surface area contributed by atoms with Crippen molar-refractivity contribution >= 4 is 0 Å². The van der Waals surface area contributed by atoms with Gasteiger partial charge in [0, 0.05) is 24.3 Å². The predicted molar refractivity (Wildman–Crippen MR) is 75.4 cm³/mol. The third-order valence-electron chi connectivity index (χ3n) is 3.25. The molecule has 3 heteroatoms. The number of rotatable bonds is 5. The molecule has 0 saturated heterocycles. The molecule has 0 aliphatic heterocycles. The van der Waals surface area contributed by atoms with Gasteiger partial charge in [0.2, 0.25) is 0 Å². The van der Waals surface area contributed by atoms with Crippen LogP contribution in [0.2, 0.25) is 0 Å². The fourth-order valence-corrected chi connectivity index (χ4v) is 1.99. The first-order valence-electron chi connectivity index (χ1n) is 6.72. The van der Waals surface area contributed by atoms with Gasteiger partial charge in [-0.3, -0.25) is 4.98 Å². The van der Waals surface area contributed by atoms with Crippen molar-refractivity contribution in [2.75, 3.05) is 0 Å². The number of aryl methyl sites for hydroxylation is 1. The lowest BCUT2D eigenvalue weighted by atomic mass is 10.2. The summed E-state index contributed by atoms with van der Waals surface area (Å²) >= 11 is 0. The summed E-state index contributed by atoms with van der Waals surface area (Å²) in [6.07, 6.45) is 6.18. The summed E-state index contributed by atoms with van der Waals surface area (Å²) in [4.78, 5) is 4.15. The van der Waals surface area contributed by atoms with Gasteiger partial charge in [-0.1, -0.05) is 12.1 Å². The van der Waals surface area contributed by atoms with E-state index in [1.807, 2.05) is 30.5 Å². The van der Waals surface area contributed by atoms with Crippen molar-refractivity contribution in [2.45, 2.75) is 32.4 Å². The zero-order valence-electron chi connectivity index (χ0n) is 11.1. The number of hydrogen-bond acceptors (Lipinski definition) is 3. The van der Waals surface area contributed by atoms with Crippen molar-refractivity contribution < 1.29 is 4.74 Å². The molecule has 1 fully saturated rings. The van der Waals surface area contributed by atoms with Gasteiger partial charge < -0.3 is 10.1 Å². The lowest BCUT2D eigenvalue weighted by molar-refractivity contribution is 0.469. The van der Waals surface area contributed by atoms with Crippen molar-refractivity contribution in [2.24, 2.45) is 0 Å². The Morgan fingerprint density at radius 2 is 2.21 bits per heavy atom. The highest BCUT2D eigenvalue weighted by Crippen LogP contribution is 2.26. The number of ether oxygens (including phenoxy) is 1. The van der Waals surface area contributed by atoms with Gasteiger partial charge in [-0.05, 0) is 43.5 Å². The van der Waals surface area contributed by atoms with Crippen molar-refractivity contribution in [1.29, 1.82) is 0 Å². The van der Waals surface area contributed by atoms with Gasteiger partial charge in [-0.2, -0.15) is 0 Å². The molecule has 0 amide bonds. The van der Waals surface area contributed by atoms with Crippen molar-refractivity contribution in [1.82, 2.24) is 10.3 Å². The molecule has 1 heterocycles. The highest BCUT2D eigenvalue weighted by molar-refractivity contribution is 5.36. The first kappa shape index (κ1) is 12.2. The molecular formula is C16H18N2O. The maximum absolute atomic E-state index is 5.94. The molecule has 0 atom stereocenters. The van der Waals surface area contributed by atoms with Crippen LogP contribution in [0.4, 0.5) is 0 Å². The third-order valence-corrected chi connectivity index (χ3v) is 3.25. The first-order valence-corrected chi connectivity index (χ1v) is 6.72. The van der Waals surface area contributed by atoms with E-state index in [0.717, 1.165) is 23.6 Å². The minimum Gasteiger partial charge on any atom is -0.455 e. The normalized spacial score (nSPS) is 14.4. The maximum atomic E-state index is 5.94. The zero-order valence-corrected chi connectivity index (χ0v) is 11.1. The van der Waals surface area contributed by atoms with Crippen LogP contribution in [0.1, 0.15) is 24.0 Å². The summed E-state index contributed by atoms with van der Waals surface area (Å²) in [7, 11) is 0. The highest BCUT2D eigenvalue weighted by atomic mass is 16.5. The van der Waals surface area contributed by atoms with Crippen LogP contribution in [0.25, 0.3) is 0 Å². The summed E-state index contributed by atoms with van der Waals surface area (Å²) in [5, 5.41) is 3.50. The Bertz CT molecular complexity index is 564. The molecule has 0 bridgehead atoms. The Morgan fingerprint density at radius 1 is 1.32 bits per heavy atom. The molecule has 98 valence electrons. The van der Waals surface area contributed by atoms with E-state index in [9.17, 15) is 0 Å². The van der Waals surface area contributed by atoms with Crippen LogP contribution < -0.4 is 10.1 Å². The van der Waals surface area contributed by atoms with E-state index >= 15 is 0 Å². The van der Waals surface area contributed by atoms with E-state index < -0.39 is 0 Å². The van der Waals surface area contributed by atoms with E-state index in [4.69, 9.17) is 4.74 Å². The molecule has 0 spiro atoms. The van der Waals surface area contributed by atoms with Crippen LogP contribution in [0.15, 0.2) is 42.7 Å². The maximum Gasteiger partial charge on any atom is 0.150 e. The second-order valence-electron chi connectivity index (χ2n) is 5.06. The Labute approximate surface area is 113 Å². The predicted octanol–water partition coefficient (Wildman–Crippen LogP) is 3.43. The van der Waals surface area contributed by atoms with E-state index in [2.05, 4.69) is 23.3 Å². The van der Waals surface area contributed by atoms with E-state index in [1.54, 1.807) is 6.20 Å². The number of hydrogen-bond donors (Lipinski definition) is 1. The lowest BCUT2D eigenvalue weighted by Gasteiger charge is -2.11. The van der Waals surface area contributed by atoms with Crippen LogP contribution >= 0.6 is 0 Å². The van der Waals surface area contributed by atoms with Crippen molar-refractivity contribution in [3.8, 4) is 11.5 Å². The topological polar surface area (TPSA) is 34.1 Å². The standard InChI is InChI=1S/C16H18N2O/c1-12-3-2-4-15(9-12)19-16-11-17-8-7-13(16)10-18-14-5-6-14/h2-4,7-9,11,14,18H,5-6,10H2,1H3. The molecule has 2 aromatic rings. The minimum absolute atomic E-state index is 0.694. The fourth-order valence-electron chi connectivity index (χ4n) is 1.99. The average Bonchev–Trinajstić information content (AvgIpc) is 3.22. The smallest absolute Gasteiger partial charge is 0.150 e. The number of benzene rings is 1. The molecule has 0 unspecified atom stereocenters. The van der Waals surface area contributed by atoms with Gasteiger partial charge in [0.05, 0.1) is 6.20 Å². The Kier molecular flexibility index (Phi) is 3.47. The van der Waals surface area contributed by atoms with E-state index in [1.165, 1.54) is 18.4 Å². The molecular weight excluding hydrogens is 236 g/mol. The van der Waals surface area contributed by atoms with E-state index in [-0.39, 0.29) is 0 Å². The highest BCUT2D eigenvalue weighted by Gasteiger charge is 2.20. The summed E-state index contributed by atoms with van der Waals surface area (Å²) < 4.78 is 5.94. The molecule has 19 heavy (non-hydrogen) atoms. The van der Waals surface area contributed by atoms with Crippen LogP contribution in [0, 0.1) is 6.92 Å². The molecule has 3 rings (SSSR count). The second-order valence-corrected chi connectivity index (χ2v) is 5.06. The van der Waals surface area contributed by atoms with Crippen LogP contribution in [-0.2, 0) is 6.54 Å². The SMILES string of the molecule is Cc1cccc(Oc2cnccc2CNC2CC2)c1. The van der Waals surface area contributed by atoms with Gasteiger partial charge in [0.25, 0.3) is 0 Å². The van der Waals surface area contributed by atoms with Gasteiger partial charge in [-0.15, -0.1) is 0 Å². The van der Waals surface area contributed by atoms with Gasteiger partial charge >= 0.3 is 0 Å². The average molecular weight is 254 g/mol. The Morgan fingerprint density at radius 3 is 3.00 bits per heavy atom. The molecule has 1 aliphatic rings. The van der Waals surface area contributed by atoms with Crippen molar-refractivity contribution in [3.05, 3.63) is 53.9 Å². The molecule has 1 aliphatic carbocycles. The number of nitrogens with zero attached hydrogens (tertiary/aromatic N) is 1. The first-order chi connectivity index (χ1) is 9.31. The summed E-state index contributed by atoms with van der Waals surface area (Å²) in [6.45, 7) is 2.90. The summed E-state index contributed by atoms with van der Waals surface area (Å²) in [6, 6.07) is 10.8. The van der Waals surface area contributed by atoms with Gasteiger partial charge in [-0.25, -0.2) is 0 Å². The number of aromatic nitrogens is 1. The second kappa shape index (κ2) is 5.41. The minimum atomic E-state index is 0.694. The Balaban J connectivity index is 1.75. The fraction of sp³-hybridized carbons (Fsp3) is 0.312. The number of pyridine rings is 1. The molecule has 1 saturated carbocycles. The van der Waals surface area contributed by atoms with Crippen LogP contribution in [-0.4, -0.2) is 11.0 Å². The van der Waals surface area contributed by atoms with Crippen molar-refractivity contribution in [3.63, 3.8) is 0 Å². The lowest BCUT2D eigenvalue weighted by Crippen LogP contribution is -2.15. The van der Waals surface area contributed by atoms with E-state index in [0.29, 0.717) is 6.04 Å². The summed E-state index contributed by atoms with van der Waals surface area (Å²) in [5.41, 5.74) is 2.35. The van der Waals surface area contributed by atoms with Gasteiger partial charge in [0.15, 0.2) is 0 Å². The third kappa shape index (κ3) is 3.32. The van der Waals surface area contributed by atoms with Crippen LogP contribution in [0.3, 0.4) is 0 Å². The molecule has 1 N–H and O–H groups in total.